The SMILES string of the molecule is COCOCc1ccc2c(c1)C(Cc1ccccc1)(Cc1ccc(OC(C)=O)cc1)CC2. The van der Waals surface area contributed by atoms with Crippen molar-refractivity contribution < 1.29 is 19.0 Å². The van der Waals surface area contributed by atoms with E-state index in [0.29, 0.717) is 19.1 Å². The van der Waals surface area contributed by atoms with Crippen LogP contribution < -0.4 is 4.74 Å². The standard InChI is InChI=1S/C28H30O4/c1-21(29)32-26-12-9-23(10-13-26)18-28(17-22-6-4-3-5-7-22)15-14-25-11-8-24(16-27(25)28)19-31-20-30-2/h3-13,16H,14-15,17-20H2,1-2H3. The van der Waals surface area contributed by atoms with Gasteiger partial charge in [-0.15, -0.1) is 0 Å². The summed E-state index contributed by atoms with van der Waals surface area (Å²) in [5.74, 6) is 0.286. The highest BCUT2D eigenvalue weighted by atomic mass is 16.7. The van der Waals surface area contributed by atoms with Gasteiger partial charge in [0.25, 0.3) is 0 Å². The maximum atomic E-state index is 11.3. The predicted molar refractivity (Wildman–Crippen MR) is 125 cm³/mol. The van der Waals surface area contributed by atoms with Crippen molar-refractivity contribution in [3.05, 3.63) is 101 Å². The number of carbonyl (C=O) groups excluding carboxylic acids is 1. The first-order chi connectivity index (χ1) is 15.6. The van der Waals surface area contributed by atoms with E-state index in [0.717, 1.165) is 25.7 Å². The first-order valence-corrected chi connectivity index (χ1v) is 11.1. The van der Waals surface area contributed by atoms with Gasteiger partial charge in [0, 0.05) is 19.4 Å². The zero-order valence-corrected chi connectivity index (χ0v) is 18.8. The highest BCUT2D eigenvalue weighted by Crippen LogP contribution is 2.44. The van der Waals surface area contributed by atoms with Crippen LogP contribution in [0.15, 0.2) is 72.8 Å². The second-order valence-corrected chi connectivity index (χ2v) is 8.60. The van der Waals surface area contributed by atoms with Crippen LogP contribution in [0.2, 0.25) is 0 Å². The molecular weight excluding hydrogens is 400 g/mol. The number of hydrogen-bond donors (Lipinski definition) is 0. The first-order valence-electron chi connectivity index (χ1n) is 11.1. The van der Waals surface area contributed by atoms with Gasteiger partial charge in [-0.1, -0.05) is 60.7 Å². The number of esters is 1. The molecule has 4 nitrogen and oxygen atoms in total. The van der Waals surface area contributed by atoms with Gasteiger partial charge in [-0.05, 0) is 65.6 Å². The van der Waals surface area contributed by atoms with Gasteiger partial charge >= 0.3 is 5.97 Å². The van der Waals surface area contributed by atoms with Crippen molar-refractivity contribution in [3.63, 3.8) is 0 Å². The fraction of sp³-hybridized carbons (Fsp3) is 0.321. The van der Waals surface area contributed by atoms with Crippen molar-refractivity contribution in [3.8, 4) is 5.75 Å². The number of ether oxygens (including phenoxy) is 3. The van der Waals surface area contributed by atoms with Gasteiger partial charge in [-0.2, -0.15) is 0 Å². The maximum absolute atomic E-state index is 11.3. The molecule has 1 unspecified atom stereocenters. The molecule has 0 heterocycles. The number of benzene rings is 3. The lowest BCUT2D eigenvalue weighted by atomic mass is 9.72. The number of hydrogen-bond acceptors (Lipinski definition) is 4. The van der Waals surface area contributed by atoms with Gasteiger partial charge < -0.3 is 14.2 Å². The van der Waals surface area contributed by atoms with E-state index >= 15 is 0 Å². The summed E-state index contributed by atoms with van der Waals surface area (Å²) in [5.41, 5.74) is 6.61. The van der Waals surface area contributed by atoms with Crippen LogP contribution in [0.4, 0.5) is 0 Å². The second kappa shape index (κ2) is 10.1. The summed E-state index contributed by atoms with van der Waals surface area (Å²) < 4.78 is 15.9. The van der Waals surface area contributed by atoms with Crippen LogP contribution >= 0.6 is 0 Å². The quantitative estimate of drug-likeness (QED) is 0.197. The lowest BCUT2D eigenvalue weighted by Gasteiger charge is -2.32. The van der Waals surface area contributed by atoms with E-state index in [2.05, 4.69) is 60.7 Å². The van der Waals surface area contributed by atoms with Crippen molar-refractivity contribution in [1.29, 1.82) is 0 Å². The lowest BCUT2D eigenvalue weighted by molar-refractivity contribution is -0.131. The molecule has 1 aliphatic rings. The molecule has 0 spiro atoms. The number of carbonyl (C=O) groups is 1. The summed E-state index contributed by atoms with van der Waals surface area (Å²) in [5, 5.41) is 0. The van der Waals surface area contributed by atoms with E-state index in [1.807, 2.05) is 12.1 Å². The molecule has 0 bridgehead atoms. The maximum Gasteiger partial charge on any atom is 0.308 e. The Balaban J connectivity index is 1.66. The lowest BCUT2D eigenvalue weighted by Crippen LogP contribution is -2.29. The Bertz CT molecular complexity index is 1040. The van der Waals surface area contributed by atoms with Gasteiger partial charge in [0.05, 0.1) is 6.61 Å². The van der Waals surface area contributed by atoms with E-state index in [1.165, 1.54) is 34.7 Å². The average Bonchev–Trinajstić information content (AvgIpc) is 3.13. The Morgan fingerprint density at radius 3 is 2.28 bits per heavy atom. The Morgan fingerprint density at radius 1 is 0.906 bits per heavy atom. The van der Waals surface area contributed by atoms with E-state index in [1.54, 1.807) is 7.11 Å². The molecule has 0 fully saturated rings. The van der Waals surface area contributed by atoms with E-state index in [9.17, 15) is 4.79 Å². The van der Waals surface area contributed by atoms with Gasteiger partial charge in [0.15, 0.2) is 0 Å². The minimum Gasteiger partial charge on any atom is -0.427 e. The second-order valence-electron chi connectivity index (χ2n) is 8.60. The summed E-state index contributed by atoms with van der Waals surface area (Å²) in [6, 6.07) is 25.4. The zero-order chi connectivity index (χ0) is 22.4. The third-order valence-corrected chi connectivity index (χ3v) is 6.20. The molecule has 0 aromatic heterocycles. The Labute approximate surface area is 190 Å². The molecule has 0 amide bonds. The van der Waals surface area contributed by atoms with Crippen LogP contribution in [0.1, 0.15) is 41.2 Å². The van der Waals surface area contributed by atoms with Crippen LogP contribution in [0.5, 0.6) is 5.75 Å². The number of aryl methyl sites for hydroxylation is 1. The molecule has 0 saturated heterocycles. The molecule has 166 valence electrons. The van der Waals surface area contributed by atoms with Crippen molar-refractivity contribution >= 4 is 5.97 Å². The molecule has 32 heavy (non-hydrogen) atoms. The molecule has 3 aromatic carbocycles. The molecule has 4 heteroatoms. The largest absolute Gasteiger partial charge is 0.427 e. The minimum atomic E-state index is -0.300. The Hall–Kier alpha value is -2.95. The number of rotatable bonds is 9. The molecule has 0 saturated carbocycles. The van der Waals surface area contributed by atoms with E-state index < -0.39 is 0 Å². The van der Waals surface area contributed by atoms with Crippen LogP contribution in [-0.4, -0.2) is 19.9 Å². The summed E-state index contributed by atoms with van der Waals surface area (Å²) in [6.07, 6.45) is 4.09. The van der Waals surface area contributed by atoms with Gasteiger partial charge in [-0.3, -0.25) is 4.79 Å². The van der Waals surface area contributed by atoms with Gasteiger partial charge in [-0.25, -0.2) is 0 Å². The third-order valence-electron chi connectivity index (χ3n) is 6.20. The molecule has 1 atom stereocenters. The number of methoxy groups -OCH3 is 1. The van der Waals surface area contributed by atoms with Crippen molar-refractivity contribution in [1.82, 2.24) is 0 Å². The highest BCUT2D eigenvalue weighted by molar-refractivity contribution is 5.69. The van der Waals surface area contributed by atoms with Crippen LogP contribution in [0.3, 0.4) is 0 Å². The highest BCUT2D eigenvalue weighted by Gasteiger charge is 2.39. The van der Waals surface area contributed by atoms with Crippen molar-refractivity contribution in [2.45, 2.75) is 44.6 Å². The molecule has 0 radical (unpaired) electrons. The van der Waals surface area contributed by atoms with Gasteiger partial charge in [0.1, 0.15) is 12.5 Å². The monoisotopic (exact) mass is 430 g/mol. The zero-order valence-electron chi connectivity index (χ0n) is 18.8. The summed E-state index contributed by atoms with van der Waals surface area (Å²) >= 11 is 0. The molecule has 3 aromatic rings. The van der Waals surface area contributed by atoms with Crippen molar-refractivity contribution in [2.24, 2.45) is 0 Å². The molecular formula is C28H30O4. The third kappa shape index (κ3) is 5.26. The summed E-state index contributed by atoms with van der Waals surface area (Å²) in [4.78, 5) is 11.3. The topological polar surface area (TPSA) is 44.8 Å². The summed E-state index contributed by atoms with van der Waals surface area (Å²) in [6.45, 7) is 2.26. The normalized spacial score (nSPS) is 17.2. The van der Waals surface area contributed by atoms with Crippen LogP contribution in [0, 0.1) is 0 Å². The smallest absolute Gasteiger partial charge is 0.308 e. The fourth-order valence-corrected chi connectivity index (χ4v) is 4.82. The number of fused-ring (bicyclic) bond motifs is 1. The fourth-order valence-electron chi connectivity index (χ4n) is 4.82. The Morgan fingerprint density at radius 2 is 1.59 bits per heavy atom. The first kappa shape index (κ1) is 22.3. The summed E-state index contributed by atoms with van der Waals surface area (Å²) in [7, 11) is 1.64. The van der Waals surface area contributed by atoms with E-state index in [-0.39, 0.29) is 11.4 Å². The molecule has 1 aliphatic carbocycles. The van der Waals surface area contributed by atoms with Gasteiger partial charge in [0.2, 0.25) is 0 Å². The van der Waals surface area contributed by atoms with Crippen molar-refractivity contribution in [2.75, 3.05) is 13.9 Å². The minimum absolute atomic E-state index is 0.0108. The molecule has 0 aliphatic heterocycles. The van der Waals surface area contributed by atoms with Crippen LogP contribution in [0.25, 0.3) is 0 Å². The molecule has 0 N–H and O–H groups in total. The average molecular weight is 431 g/mol. The van der Waals surface area contributed by atoms with Crippen LogP contribution in [-0.2, 0) is 45.6 Å². The predicted octanol–water partition coefficient (Wildman–Crippen LogP) is 5.40. The molecule has 4 rings (SSSR count). The Kier molecular flexibility index (Phi) is 7.03. The van der Waals surface area contributed by atoms with E-state index in [4.69, 9.17) is 14.2 Å².